The van der Waals surface area contributed by atoms with Gasteiger partial charge in [0, 0.05) is 5.39 Å². The number of nitriles is 1. The lowest BCUT2D eigenvalue weighted by Crippen LogP contribution is -2.47. The lowest BCUT2D eigenvalue weighted by molar-refractivity contribution is -0.119. The summed E-state index contributed by atoms with van der Waals surface area (Å²) in [5, 5.41) is 15.9. The molecule has 0 spiro atoms. The van der Waals surface area contributed by atoms with E-state index >= 15 is 0 Å². The van der Waals surface area contributed by atoms with Gasteiger partial charge in [0.1, 0.15) is 21.7 Å². The van der Waals surface area contributed by atoms with Gasteiger partial charge in [-0.15, -0.1) is 11.3 Å². The summed E-state index contributed by atoms with van der Waals surface area (Å²) in [5.41, 5.74) is -0.735. The van der Waals surface area contributed by atoms with E-state index in [1.807, 2.05) is 11.4 Å². The second-order valence-electron chi connectivity index (χ2n) is 5.24. The number of thioether (sulfide) groups is 1. The van der Waals surface area contributed by atoms with Gasteiger partial charge in [0.15, 0.2) is 0 Å². The molecule has 1 aliphatic rings. The molecule has 0 bridgehead atoms. The fourth-order valence-corrected chi connectivity index (χ4v) is 3.80. The minimum atomic E-state index is -0.735. The molecule has 108 valence electrons. The largest absolute Gasteiger partial charge is 0.337 e. The molecule has 1 atom stereocenters. The summed E-state index contributed by atoms with van der Waals surface area (Å²) >= 11 is 2.93. The number of aromatic nitrogens is 2. The number of hydrogen-bond acceptors (Lipinski definition) is 6. The van der Waals surface area contributed by atoms with E-state index in [-0.39, 0.29) is 11.7 Å². The SMILES string of the molecule is CC(C#N)(NC(=O)CSc1ncnc2sccc12)C1CC1. The highest BCUT2D eigenvalue weighted by Crippen LogP contribution is 2.39. The number of nitrogens with one attached hydrogen (secondary N) is 1. The Morgan fingerprint density at radius 1 is 1.62 bits per heavy atom. The molecule has 1 aliphatic carbocycles. The molecule has 2 heterocycles. The molecule has 0 radical (unpaired) electrons. The van der Waals surface area contributed by atoms with Crippen LogP contribution < -0.4 is 5.32 Å². The lowest BCUT2D eigenvalue weighted by atomic mass is 9.98. The van der Waals surface area contributed by atoms with Gasteiger partial charge in [-0.3, -0.25) is 4.79 Å². The molecule has 1 fully saturated rings. The molecule has 2 aromatic heterocycles. The Hall–Kier alpha value is -1.65. The van der Waals surface area contributed by atoms with Crippen molar-refractivity contribution in [2.45, 2.75) is 30.3 Å². The molecule has 21 heavy (non-hydrogen) atoms. The fraction of sp³-hybridized carbons (Fsp3) is 0.429. The summed E-state index contributed by atoms with van der Waals surface area (Å²) in [6.07, 6.45) is 3.54. The van der Waals surface area contributed by atoms with Crippen LogP contribution in [0.5, 0.6) is 0 Å². The normalized spacial score (nSPS) is 17.1. The van der Waals surface area contributed by atoms with Gasteiger partial charge >= 0.3 is 0 Å². The molecule has 1 saturated carbocycles. The third-order valence-corrected chi connectivity index (χ3v) is 5.42. The predicted molar refractivity (Wildman–Crippen MR) is 83.0 cm³/mol. The topological polar surface area (TPSA) is 78.7 Å². The summed E-state index contributed by atoms with van der Waals surface area (Å²) in [4.78, 5) is 21.4. The first-order chi connectivity index (χ1) is 10.1. The van der Waals surface area contributed by atoms with Crippen LogP contribution in [0.1, 0.15) is 19.8 Å². The smallest absolute Gasteiger partial charge is 0.231 e. The summed E-state index contributed by atoms with van der Waals surface area (Å²) in [5.74, 6) is 0.420. The van der Waals surface area contributed by atoms with Crippen molar-refractivity contribution in [3.63, 3.8) is 0 Å². The van der Waals surface area contributed by atoms with E-state index in [0.29, 0.717) is 5.92 Å². The number of amides is 1. The Balaban J connectivity index is 1.64. The second kappa shape index (κ2) is 5.62. The van der Waals surface area contributed by atoms with Crippen LogP contribution in [0.3, 0.4) is 0 Å². The molecule has 1 unspecified atom stereocenters. The van der Waals surface area contributed by atoms with Gasteiger partial charge in [-0.2, -0.15) is 5.26 Å². The van der Waals surface area contributed by atoms with E-state index in [0.717, 1.165) is 28.1 Å². The average Bonchev–Trinajstić information content (AvgIpc) is 3.23. The summed E-state index contributed by atoms with van der Waals surface area (Å²) < 4.78 is 0. The summed E-state index contributed by atoms with van der Waals surface area (Å²) in [6, 6.07) is 4.19. The Kier molecular flexibility index (Phi) is 3.83. The van der Waals surface area contributed by atoms with Gasteiger partial charge in [0.05, 0.1) is 11.8 Å². The highest BCUT2D eigenvalue weighted by molar-refractivity contribution is 8.00. The van der Waals surface area contributed by atoms with Crippen molar-refractivity contribution in [3.05, 3.63) is 17.8 Å². The van der Waals surface area contributed by atoms with Crippen LogP contribution in [-0.2, 0) is 4.79 Å². The van der Waals surface area contributed by atoms with Gasteiger partial charge in [-0.1, -0.05) is 11.8 Å². The number of hydrogen-bond donors (Lipinski definition) is 1. The van der Waals surface area contributed by atoms with E-state index in [9.17, 15) is 10.1 Å². The van der Waals surface area contributed by atoms with Gasteiger partial charge in [0.2, 0.25) is 5.91 Å². The Labute approximate surface area is 130 Å². The van der Waals surface area contributed by atoms with Crippen LogP contribution in [0.15, 0.2) is 22.8 Å². The zero-order valence-corrected chi connectivity index (χ0v) is 13.1. The van der Waals surface area contributed by atoms with Crippen LogP contribution in [0.2, 0.25) is 0 Å². The Bertz CT molecular complexity index is 719. The monoisotopic (exact) mass is 318 g/mol. The van der Waals surface area contributed by atoms with Crippen molar-refractivity contribution < 1.29 is 4.79 Å². The first-order valence-electron chi connectivity index (χ1n) is 6.65. The molecular formula is C14H14N4OS2. The van der Waals surface area contributed by atoms with Crippen molar-refractivity contribution in [1.29, 1.82) is 5.26 Å². The van der Waals surface area contributed by atoms with Gasteiger partial charge in [0.25, 0.3) is 0 Å². The zero-order valence-electron chi connectivity index (χ0n) is 11.5. The van der Waals surface area contributed by atoms with Crippen molar-refractivity contribution >= 4 is 39.2 Å². The fourth-order valence-electron chi connectivity index (χ4n) is 2.22. The van der Waals surface area contributed by atoms with E-state index < -0.39 is 5.54 Å². The van der Waals surface area contributed by atoms with Crippen molar-refractivity contribution in [2.75, 3.05) is 5.75 Å². The van der Waals surface area contributed by atoms with Crippen molar-refractivity contribution in [3.8, 4) is 6.07 Å². The van der Waals surface area contributed by atoms with Gasteiger partial charge < -0.3 is 5.32 Å². The zero-order chi connectivity index (χ0) is 14.9. The minimum Gasteiger partial charge on any atom is -0.337 e. The number of carbonyl (C=O) groups excluding carboxylic acids is 1. The lowest BCUT2D eigenvalue weighted by Gasteiger charge is -2.22. The van der Waals surface area contributed by atoms with Crippen LogP contribution in [-0.4, -0.2) is 27.2 Å². The van der Waals surface area contributed by atoms with Crippen LogP contribution in [0, 0.1) is 17.2 Å². The van der Waals surface area contributed by atoms with E-state index in [1.165, 1.54) is 18.1 Å². The van der Waals surface area contributed by atoms with Crippen molar-refractivity contribution in [1.82, 2.24) is 15.3 Å². The maximum atomic E-state index is 12.1. The first kappa shape index (κ1) is 14.3. The molecule has 0 saturated heterocycles. The van der Waals surface area contributed by atoms with E-state index in [4.69, 9.17) is 0 Å². The number of thiophene rings is 1. The molecule has 3 rings (SSSR count). The molecule has 5 nitrogen and oxygen atoms in total. The highest BCUT2D eigenvalue weighted by Gasteiger charge is 2.42. The molecule has 7 heteroatoms. The van der Waals surface area contributed by atoms with Crippen LogP contribution in [0.25, 0.3) is 10.2 Å². The molecule has 0 aliphatic heterocycles. The van der Waals surface area contributed by atoms with Crippen LogP contribution in [0.4, 0.5) is 0 Å². The number of rotatable bonds is 5. The minimum absolute atomic E-state index is 0.127. The van der Waals surface area contributed by atoms with E-state index in [2.05, 4.69) is 21.4 Å². The predicted octanol–water partition coefficient (Wildman–Crippen LogP) is 2.59. The summed E-state index contributed by atoms with van der Waals surface area (Å²) in [7, 11) is 0. The maximum absolute atomic E-state index is 12.1. The number of fused-ring (bicyclic) bond motifs is 1. The Morgan fingerprint density at radius 2 is 2.43 bits per heavy atom. The van der Waals surface area contributed by atoms with Gasteiger partial charge in [-0.25, -0.2) is 9.97 Å². The third-order valence-electron chi connectivity index (χ3n) is 3.59. The molecule has 0 aromatic carbocycles. The number of carbonyl (C=O) groups is 1. The van der Waals surface area contributed by atoms with E-state index in [1.54, 1.807) is 18.3 Å². The first-order valence-corrected chi connectivity index (χ1v) is 8.52. The van der Waals surface area contributed by atoms with Crippen LogP contribution >= 0.6 is 23.1 Å². The number of nitrogens with zero attached hydrogens (tertiary/aromatic N) is 3. The van der Waals surface area contributed by atoms with Crippen molar-refractivity contribution in [2.24, 2.45) is 5.92 Å². The second-order valence-corrected chi connectivity index (χ2v) is 7.10. The van der Waals surface area contributed by atoms with Gasteiger partial charge in [-0.05, 0) is 37.1 Å². The maximum Gasteiger partial charge on any atom is 0.231 e. The standard InChI is InChI=1S/C14H14N4OS2/c1-14(7-15,9-2-3-9)18-11(19)6-21-13-10-4-5-20-12(10)16-8-17-13/h4-5,8-9H,2-3,6H2,1H3,(H,18,19). The Morgan fingerprint density at radius 3 is 3.14 bits per heavy atom. The molecule has 2 aromatic rings. The summed E-state index contributed by atoms with van der Waals surface area (Å²) in [6.45, 7) is 1.80. The third kappa shape index (κ3) is 3.01. The molecule has 1 amide bonds. The quantitative estimate of drug-likeness (QED) is 0.677. The molecule has 1 N–H and O–H groups in total. The average molecular weight is 318 g/mol. The highest BCUT2D eigenvalue weighted by atomic mass is 32.2. The molecular weight excluding hydrogens is 304 g/mol.